The molecule has 3 atom stereocenters. The monoisotopic (exact) mass is 334 g/mol. The number of aliphatic hydroxyl groups excluding tert-OH is 1. The van der Waals surface area contributed by atoms with Crippen LogP contribution in [-0.2, 0) is 4.43 Å². The third-order valence-electron chi connectivity index (χ3n) is 5.78. The average Bonchev–Trinajstić information content (AvgIpc) is 2.89. The Balaban J connectivity index is 2.12. The van der Waals surface area contributed by atoms with Gasteiger partial charge in [0, 0.05) is 5.92 Å². The van der Waals surface area contributed by atoms with E-state index in [9.17, 15) is 5.11 Å². The summed E-state index contributed by atoms with van der Waals surface area (Å²) in [5.74, 6) is 7.64. The molecule has 3 heteroatoms. The van der Waals surface area contributed by atoms with Gasteiger partial charge in [-0.15, -0.1) is 0 Å². The smallest absolute Gasteiger partial charge is 0.193 e. The molecule has 1 saturated carbocycles. The molecule has 1 unspecified atom stereocenters. The molecule has 0 saturated heterocycles. The Hall–Kier alpha value is -0.563. The van der Waals surface area contributed by atoms with E-state index in [2.05, 4.69) is 45.7 Å². The summed E-state index contributed by atoms with van der Waals surface area (Å²) >= 11 is 0. The molecule has 23 heavy (non-hydrogen) atoms. The predicted octanol–water partition coefficient (Wildman–Crippen LogP) is 4.90. The minimum atomic E-state index is -1.81. The summed E-state index contributed by atoms with van der Waals surface area (Å²) in [6.07, 6.45) is 10.9. The number of allylic oxidation sites excluding steroid dienone is 1. The molecule has 0 aromatic heterocycles. The summed E-state index contributed by atoms with van der Waals surface area (Å²) in [6, 6.07) is 0. The van der Waals surface area contributed by atoms with E-state index < -0.39 is 8.32 Å². The molecule has 0 radical (unpaired) electrons. The van der Waals surface area contributed by atoms with Gasteiger partial charge in [-0.25, -0.2) is 0 Å². The molecule has 0 aliphatic heterocycles. The molecule has 2 nitrogen and oxygen atoms in total. The van der Waals surface area contributed by atoms with E-state index in [4.69, 9.17) is 4.43 Å². The van der Waals surface area contributed by atoms with E-state index in [-0.39, 0.29) is 23.2 Å². The Morgan fingerprint density at radius 2 is 1.78 bits per heavy atom. The highest BCUT2D eigenvalue weighted by Gasteiger charge is 2.40. The molecule has 0 heterocycles. The van der Waals surface area contributed by atoms with Crippen LogP contribution in [0.2, 0.25) is 18.1 Å². The minimum Gasteiger partial charge on any atom is -0.403 e. The van der Waals surface area contributed by atoms with Gasteiger partial charge in [0.25, 0.3) is 0 Å². The second-order valence-electron chi connectivity index (χ2n) is 8.78. The Morgan fingerprint density at radius 1 is 1.13 bits per heavy atom. The van der Waals surface area contributed by atoms with Crippen molar-refractivity contribution in [2.24, 2.45) is 11.8 Å². The van der Waals surface area contributed by atoms with Crippen LogP contribution >= 0.6 is 0 Å². The lowest BCUT2D eigenvalue weighted by Gasteiger charge is -2.40. The second kappa shape index (κ2) is 7.55. The maximum Gasteiger partial charge on any atom is 0.193 e. The Morgan fingerprint density at radius 3 is 2.30 bits per heavy atom. The van der Waals surface area contributed by atoms with Gasteiger partial charge in [0.1, 0.15) is 6.10 Å². The lowest BCUT2D eigenvalue weighted by atomic mass is 9.85. The zero-order chi connectivity index (χ0) is 17.1. The highest BCUT2D eigenvalue weighted by molar-refractivity contribution is 6.74. The first kappa shape index (κ1) is 18.8. The van der Waals surface area contributed by atoms with E-state index in [0.29, 0.717) is 5.92 Å². The summed E-state index contributed by atoms with van der Waals surface area (Å²) in [7, 11) is -1.81. The van der Waals surface area contributed by atoms with Crippen LogP contribution in [0.25, 0.3) is 0 Å². The summed E-state index contributed by atoms with van der Waals surface area (Å²) < 4.78 is 6.71. The zero-order valence-corrected chi connectivity index (χ0v) is 16.6. The zero-order valence-electron chi connectivity index (χ0n) is 15.6. The van der Waals surface area contributed by atoms with Crippen LogP contribution in [0.4, 0.5) is 0 Å². The van der Waals surface area contributed by atoms with Crippen LogP contribution < -0.4 is 0 Å². The van der Waals surface area contributed by atoms with Crippen molar-refractivity contribution >= 4 is 8.32 Å². The lowest BCUT2D eigenvalue weighted by molar-refractivity contribution is 0.139. The van der Waals surface area contributed by atoms with Crippen molar-refractivity contribution in [2.45, 2.75) is 89.6 Å². The van der Waals surface area contributed by atoms with E-state index >= 15 is 0 Å². The average molecular weight is 335 g/mol. The number of hydrogen-bond donors (Lipinski definition) is 1. The summed E-state index contributed by atoms with van der Waals surface area (Å²) in [4.78, 5) is 0. The lowest BCUT2D eigenvalue weighted by Crippen LogP contribution is -2.45. The third-order valence-corrected chi connectivity index (χ3v) is 10.2. The van der Waals surface area contributed by atoms with Gasteiger partial charge in [-0.2, -0.15) is 0 Å². The maximum absolute atomic E-state index is 9.63. The molecule has 2 rings (SSSR count). The van der Waals surface area contributed by atoms with Crippen molar-refractivity contribution in [3.05, 3.63) is 12.2 Å². The molecule has 2 aliphatic rings. The molecule has 130 valence electrons. The molecule has 0 aromatic carbocycles. The van der Waals surface area contributed by atoms with Crippen LogP contribution in [0.1, 0.15) is 59.3 Å². The Bertz CT molecular complexity index is 472. The third kappa shape index (κ3) is 5.21. The molecule has 2 aliphatic carbocycles. The van der Waals surface area contributed by atoms with E-state index in [1.54, 1.807) is 0 Å². The molecule has 0 amide bonds. The molecular formula is C20H34O2Si. The first-order chi connectivity index (χ1) is 10.7. The van der Waals surface area contributed by atoms with E-state index in [0.717, 1.165) is 6.42 Å². The van der Waals surface area contributed by atoms with Gasteiger partial charge >= 0.3 is 0 Å². The highest BCUT2D eigenvalue weighted by atomic mass is 28.4. The summed E-state index contributed by atoms with van der Waals surface area (Å²) in [6.45, 7) is 11.5. The number of rotatable bonds is 3. The number of hydrogen-bond acceptors (Lipinski definition) is 2. The SMILES string of the molecule is CC(C)(C)[Si](C)(C)OC(C#C[C@H]1C=C[C@H](O)C1)C1CCCCC1. The Labute approximate surface area is 143 Å². The van der Waals surface area contributed by atoms with Crippen molar-refractivity contribution in [1.82, 2.24) is 0 Å². The molecule has 1 fully saturated rings. The quantitative estimate of drug-likeness (QED) is 0.452. The van der Waals surface area contributed by atoms with Crippen LogP contribution in [0, 0.1) is 23.7 Å². The van der Waals surface area contributed by atoms with Gasteiger partial charge < -0.3 is 9.53 Å². The molecular weight excluding hydrogens is 300 g/mol. The first-order valence-corrected chi connectivity index (χ1v) is 12.1. The van der Waals surface area contributed by atoms with Gasteiger partial charge in [0.2, 0.25) is 0 Å². The number of aliphatic hydroxyl groups is 1. The fourth-order valence-corrected chi connectivity index (χ4v) is 4.39. The van der Waals surface area contributed by atoms with Gasteiger partial charge in [0.05, 0.1) is 6.10 Å². The van der Waals surface area contributed by atoms with Crippen LogP contribution in [0.3, 0.4) is 0 Å². The normalized spacial score (nSPS) is 27.6. The van der Waals surface area contributed by atoms with Gasteiger partial charge in [-0.3, -0.25) is 0 Å². The summed E-state index contributed by atoms with van der Waals surface area (Å²) in [5, 5.41) is 9.84. The van der Waals surface area contributed by atoms with Gasteiger partial charge in [-0.1, -0.05) is 64.0 Å². The van der Waals surface area contributed by atoms with Crippen molar-refractivity contribution in [3.8, 4) is 11.8 Å². The van der Waals surface area contributed by atoms with E-state index in [1.165, 1.54) is 32.1 Å². The minimum absolute atomic E-state index is 0.0716. The maximum atomic E-state index is 9.63. The highest BCUT2D eigenvalue weighted by Crippen LogP contribution is 2.39. The van der Waals surface area contributed by atoms with Gasteiger partial charge in [-0.05, 0) is 43.3 Å². The summed E-state index contributed by atoms with van der Waals surface area (Å²) in [5.41, 5.74) is 0. The Kier molecular flexibility index (Phi) is 6.16. The van der Waals surface area contributed by atoms with Crippen LogP contribution in [-0.4, -0.2) is 25.6 Å². The fourth-order valence-electron chi connectivity index (χ4n) is 3.15. The van der Waals surface area contributed by atoms with Crippen molar-refractivity contribution in [3.63, 3.8) is 0 Å². The largest absolute Gasteiger partial charge is 0.403 e. The van der Waals surface area contributed by atoms with Gasteiger partial charge in [0.15, 0.2) is 8.32 Å². The van der Waals surface area contributed by atoms with E-state index in [1.807, 2.05) is 12.2 Å². The fraction of sp³-hybridized carbons (Fsp3) is 0.800. The second-order valence-corrected chi connectivity index (χ2v) is 13.5. The molecule has 0 aromatic rings. The van der Waals surface area contributed by atoms with Crippen molar-refractivity contribution in [2.75, 3.05) is 0 Å². The predicted molar refractivity (Wildman–Crippen MR) is 99.7 cm³/mol. The molecule has 0 spiro atoms. The molecule has 0 bridgehead atoms. The van der Waals surface area contributed by atoms with Crippen LogP contribution in [0.15, 0.2) is 12.2 Å². The standard InChI is InChI=1S/C20H34O2Si/c1-20(2,3)23(4,5)22-19(17-9-7-6-8-10-17)14-12-16-11-13-18(21)15-16/h11,13,16-19,21H,6-10,15H2,1-5H3/t16-,18+,19?/m1/s1. The topological polar surface area (TPSA) is 29.5 Å². The molecule has 1 N–H and O–H groups in total. The van der Waals surface area contributed by atoms with Crippen molar-refractivity contribution < 1.29 is 9.53 Å². The first-order valence-electron chi connectivity index (χ1n) is 9.24. The van der Waals surface area contributed by atoms with Crippen LogP contribution in [0.5, 0.6) is 0 Å². The van der Waals surface area contributed by atoms with Crippen molar-refractivity contribution in [1.29, 1.82) is 0 Å².